The quantitative estimate of drug-likeness (QED) is 0.861. The number of nitrogens with zero attached hydrogens (tertiary/aromatic N) is 2. The Kier molecular flexibility index (Phi) is 3.93. The molecule has 0 radical (unpaired) electrons. The van der Waals surface area contributed by atoms with Gasteiger partial charge in [0.2, 0.25) is 0 Å². The van der Waals surface area contributed by atoms with Gasteiger partial charge in [-0.05, 0) is 39.1 Å². The van der Waals surface area contributed by atoms with E-state index in [1.165, 1.54) is 5.56 Å². The Morgan fingerprint density at radius 3 is 2.81 bits per heavy atom. The zero-order chi connectivity index (χ0) is 14.8. The molecule has 0 amide bonds. The van der Waals surface area contributed by atoms with Gasteiger partial charge in [-0.2, -0.15) is 0 Å². The van der Waals surface area contributed by atoms with Crippen LogP contribution < -0.4 is 4.74 Å². The first-order chi connectivity index (χ1) is 10.1. The van der Waals surface area contributed by atoms with Crippen LogP contribution in [0.5, 0.6) is 5.75 Å². The Balaban J connectivity index is 2.02. The standard InChI is InChI=1S/C18H22N2O/c1-13-7-8-14(11-19-13)16-5-4-6-17-15(12-20(2)3)9-10-21-18(16)17/h4-8,11,15H,9-10,12H2,1-3H3/t15-/m1/s1. The topological polar surface area (TPSA) is 25.4 Å². The van der Waals surface area contributed by atoms with Crippen molar-refractivity contribution >= 4 is 0 Å². The third-order valence-electron chi connectivity index (χ3n) is 4.01. The lowest BCUT2D eigenvalue weighted by Gasteiger charge is -2.29. The number of likely N-dealkylation sites (N-methyl/N-ethyl adjacent to an activating group) is 1. The average molecular weight is 282 g/mol. The number of ether oxygens (including phenoxy) is 1. The molecular formula is C18H22N2O. The molecular weight excluding hydrogens is 260 g/mol. The zero-order valence-electron chi connectivity index (χ0n) is 13.0. The molecule has 3 nitrogen and oxygen atoms in total. The molecule has 21 heavy (non-hydrogen) atoms. The number of benzene rings is 1. The number of aryl methyl sites for hydroxylation is 1. The van der Waals surface area contributed by atoms with E-state index in [1.54, 1.807) is 0 Å². The summed E-state index contributed by atoms with van der Waals surface area (Å²) in [5.41, 5.74) is 4.65. The minimum absolute atomic E-state index is 0.544. The van der Waals surface area contributed by atoms with E-state index in [9.17, 15) is 0 Å². The summed E-state index contributed by atoms with van der Waals surface area (Å²) in [5, 5.41) is 0. The van der Waals surface area contributed by atoms with E-state index in [-0.39, 0.29) is 0 Å². The van der Waals surface area contributed by atoms with Gasteiger partial charge in [0.15, 0.2) is 0 Å². The van der Waals surface area contributed by atoms with Crippen molar-refractivity contribution in [1.29, 1.82) is 0 Å². The van der Waals surface area contributed by atoms with Gasteiger partial charge >= 0.3 is 0 Å². The number of rotatable bonds is 3. The summed E-state index contributed by atoms with van der Waals surface area (Å²) < 4.78 is 6.00. The molecule has 0 saturated carbocycles. The zero-order valence-corrected chi connectivity index (χ0v) is 13.0. The Morgan fingerprint density at radius 1 is 1.24 bits per heavy atom. The van der Waals surface area contributed by atoms with Crippen LogP contribution in [-0.2, 0) is 0 Å². The molecule has 0 aliphatic carbocycles. The predicted octanol–water partition coefficient (Wildman–Crippen LogP) is 3.48. The fourth-order valence-corrected chi connectivity index (χ4v) is 2.98. The largest absolute Gasteiger partial charge is 0.493 e. The molecule has 0 spiro atoms. The molecule has 110 valence electrons. The van der Waals surface area contributed by atoms with Gasteiger partial charge in [0.1, 0.15) is 5.75 Å². The molecule has 0 N–H and O–H groups in total. The molecule has 0 saturated heterocycles. The lowest BCUT2D eigenvalue weighted by Crippen LogP contribution is -2.25. The number of hydrogen-bond donors (Lipinski definition) is 0. The number of hydrogen-bond acceptors (Lipinski definition) is 3. The van der Waals surface area contributed by atoms with Crippen LogP contribution in [-0.4, -0.2) is 37.1 Å². The summed E-state index contributed by atoms with van der Waals surface area (Å²) >= 11 is 0. The van der Waals surface area contributed by atoms with Gasteiger partial charge in [-0.15, -0.1) is 0 Å². The fourth-order valence-electron chi connectivity index (χ4n) is 2.98. The lowest BCUT2D eigenvalue weighted by atomic mass is 9.89. The van der Waals surface area contributed by atoms with Gasteiger partial charge in [-0.25, -0.2) is 0 Å². The first kappa shape index (κ1) is 14.1. The van der Waals surface area contributed by atoms with E-state index >= 15 is 0 Å². The van der Waals surface area contributed by atoms with Crippen LogP contribution in [0.25, 0.3) is 11.1 Å². The normalized spacial score (nSPS) is 17.4. The number of aromatic nitrogens is 1. The third kappa shape index (κ3) is 2.93. The van der Waals surface area contributed by atoms with Crippen molar-refractivity contribution in [1.82, 2.24) is 9.88 Å². The number of para-hydroxylation sites is 1. The summed E-state index contributed by atoms with van der Waals surface area (Å²) in [6, 6.07) is 10.6. The SMILES string of the molecule is Cc1ccc(-c2cccc3c2OCC[C@@H]3CN(C)C)cn1. The van der Waals surface area contributed by atoms with Gasteiger partial charge in [-0.3, -0.25) is 4.98 Å². The maximum atomic E-state index is 6.00. The van der Waals surface area contributed by atoms with Gasteiger partial charge in [0.25, 0.3) is 0 Å². The monoisotopic (exact) mass is 282 g/mol. The second-order valence-electron chi connectivity index (χ2n) is 6.01. The highest BCUT2D eigenvalue weighted by Crippen LogP contribution is 2.40. The van der Waals surface area contributed by atoms with Crippen molar-refractivity contribution in [2.75, 3.05) is 27.2 Å². The maximum absolute atomic E-state index is 6.00. The lowest BCUT2D eigenvalue weighted by molar-refractivity contribution is 0.245. The van der Waals surface area contributed by atoms with Crippen molar-refractivity contribution < 1.29 is 4.74 Å². The molecule has 1 atom stereocenters. The Bertz CT molecular complexity index is 620. The van der Waals surface area contributed by atoms with Gasteiger partial charge < -0.3 is 9.64 Å². The van der Waals surface area contributed by atoms with E-state index in [1.807, 2.05) is 13.1 Å². The molecule has 0 bridgehead atoms. The molecule has 0 unspecified atom stereocenters. The Labute approximate surface area is 126 Å². The van der Waals surface area contributed by atoms with Crippen molar-refractivity contribution in [2.45, 2.75) is 19.3 Å². The predicted molar refractivity (Wildman–Crippen MR) is 85.8 cm³/mol. The van der Waals surface area contributed by atoms with Crippen LogP contribution in [0.4, 0.5) is 0 Å². The molecule has 2 aromatic rings. The van der Waals surface area contributed by atoms with Gasteiger partial charge in [0.05, 0.1) is 6.61 Å². The van der Waals surface area contributed by atoms with E-state index in [0.717, 1.165) is 42.1 Å². The van der Waals surface area contributed by atoms with Crippen molar-refractivity contribution in [3.05, 3.63) is 47.8 Å². The smallest absolute Gasteiger partial charge is 0.130 e. The number of pyridine rings is 1. The molecule has 1 aromatic carbocycles. The minimum atomic E-state index is 0.544. The highest BCUT2D eigenvalue weighted by Gasteiger charge is 2.24. The summed E-state index contributed by atoms with van der Waals surface area (Å²) in [5.74, 6) is 1.59. The first-order valence-electron chi connectivity index (χ1n) is 7.48. The second-order valence-corrected chi connectivity index (χ2v) is 6.01. The van der Waals surface area contributed by atoms with Crippen LogP contribution in [0.2, 0.25) is 0 Å². The molecule has 3 rings (SSSR count). The first-order valence-corrected chi connectivity index (χ1v) is 7.48. The van der Waals surface area contributed by atoms with E-state index in [0.29, 0.717) is 5.92 Å². The summed E-state index contributed by atoms with van der Waals surface area (Å²) in [4.78, 5) is 6.66. The number of fused-ring (bicyclic) bond motifs is 1. The maximum Gasteiger partial charge on any atom is 0.130 e. The second kappa shape index (κ2) is 5.86. The van der Waals surface area contributed by atoms with E-state index < -0.39 is 0 Å². The van der Waals surface area contributed by atoms with Crippen molar-refractivity contribution in [2.24, 2.45) is 0 Å². The fraction of sp³-hybridized carbons (Fsp3) is 0.389. The minimum Gasteiger partial charge on any atom is -0.493 e. The van der Waals surface area contributed by atoms with E-state index in [2.05, 4.69) is 54.3 Å². The average Bonchev–Trinajstić information content (AvgIpc) is 2.47. The van der Waals surface area contributed by atoms with Crippen LogP contribution in [0, 0.1) is 6.92 Å². The van der Waals surface area contributed by atoms with Crippen LogP contribution >= 0.6 is 0 Å². The highest BCUT2D eigenvalue weighted by molar-refractivity contribution is 5.72. The van der Waals surface area contributed by atoms with Crippen LogP contribution in [0.1, 0.15) is 23.6 Å². The summed E-state index contributed by atoms with van der Waals surface area (Å²) in [7, 11) is 4.26. The summed E-state index contributed by atoms with van der Waals surface area (Å²) in [6.07, 6.45) is 3.02. The molecule has 0 fully saturated rings. The van der Waals surface area contributed by atoms with Crippen LogP contribution in [0.3, 0.4) is 0 Å². The third-order valence-corrected chi connectivity index (χ3v) is 4.01. The molecule has 1 aliphatic rings. The Morgan fingerprint density at radius 2 is 2.10 bits per heavy atom. The molecule has 1 aromatic heterocycles. The van der Waals surface area contributed by atoms with Crippen LogP contribution in [0.15, 0.2) is 36.5 Å². The molecule has 3 heteroatoms. The molecule has 2 heterocycles. The van der Waals surface area contributed by atoms with E-state index in [4.69, 9.17) is 4.74 Å². The van der Waals surface area contributed by atoms with Gasteiger partial charge in [-0.1, -0.05) is 24.3 Å². The summed E-state index contributed by atoms with van der Waals surface area (Å²) in [6.45, 7) is 3.86. The highest BCUT2D eigenvalue weighted by atomic mass is 16.5. The Hall–Kier alpha value is -1.87. The van der Waals surface area contributed by atoms with Crippen molar-refractivity contribution in [3.8, 4) is 16.9 Å². The molecule has 1 aliphatic heterocycles. The van der Waals surface area contributed by atoms with Crippen molar-refractivity contribution in [3.63, 3.8) is 0 Å². The van der Waals surface area contributed by atoms with Gasteiger partial charge in [0, 0.05) is 35.5 Å².